The van der Waals surface area contributed by atoms with Crippen LogP contribution in [0.25, 0.3) is 0 Å². The normalized spacial score (nSPS) is 18.2. The molecule has 0 amide bonds. The van der Waals surface area contributed by atoms with Crippen molar-refractivity contribution in [2.45, 2.75) is 26.7 Å². The summed E-state index contributed by atoms with van der Waals surface area (Å²) >= 11 is 0. The van der Waals surface area contributed by atoms with E-state index < -0.39 is 0 Å². The molecule has 12 heavy (non-hydrogen) atoms. The minimum absolute atomic E-state index is 0.0133. The number of hydrogen-bond donors (Lipinski definition) is 0. The Morgan fingerprint density at radius 3 is 2.17 bits per heavy atom. The van der Waals surface area contributed by atoms with Gasteiger partial charge in [-0.15, -0.1) is 0 Å². The number of carbonyl (C=O) groups is 2. The van der Waals surface area contributed by atoms with Crippen molar-refractivity contribution < 1.29 is 9.59 Å². The Kier molecular flexibility index (Phi) is 2.79. The molecule has 0 saturated heterocycles. The summed E-state index contributed by atoms with van der Waals surface area (Å²) in [5.74, 6) is 0.180. The first-order valence-electron chi connectivity index (χ1n) is 4.37. The molecule has 0 unspecified atom stereocenters. The first kappa shape index (κ1) is 9.17. The van der Waals surface area contributed by atoms with Gasteiger partial charge in [0.25, 0.3) is 0 Å². The first-order valence-corrected chi connectivity index (χ1v) is 4.37. The van der Waals surface area contributed by atoms with Crippen molar-refractivity contribution >= 4 is 11.6 Å². The second-order valence-electron chi connectivity index (χ2n) is 3.66. The molecule has 0 saturated carbocycles. The third-order valence-corrected chi connectivity index (χ3v) is 2.13. The number of rotatable bonds is 3. The number of hydrogen-bond acceptors (Lipinski definition) is 2. The zero-order valence-electron chi connectivity index (χ0n) is 7.54. The maximum absolute atomic E-state index is 11.1. The second-order valence-corrected chi connectivity index (χ2v) is 3.66. The van der Waals surface area contributed by atoms with E-state index in [4.69, 9.17) is 0 Å². The van der Waals surface area contributed by atoms with Gasteiger partial charge in [-0.2, -0.15) is 0 Å². The Morgan fingerprint density at radius 1 is 1.25 bits per heavy atom. The van der Waals surface area contributed by atoms with Crippen molar-refractivity contribution in [1.82, 2.24) is 0 Å². The number of allylic oxidation sites excluding steroid dienone is 2. The van der Waals surface area contributed by atoms with Gasteiger partial charge in [-0.3, -0.25) is 9.59 Å². The SMILES string of the molecule is CC(C)CCC1C(=O)C=CC1=O. The minimum atomic E-state index is -0.354. The molecule has 2 heteroatoms. The maximum atomic E-state index is 11.1. The number of ketones is 2. The highest BCUT2D eigenvalue weighted by molar-refractivity contribution is 6.18. The third kappa shape index (κ3) is 2.03. The molecule has 0 fully saturated rings. The molecule has 0 heterocycles. The van der Waals surface area contributed by atoms with Crippen LogP contribution >= 0.6 is 0 Å². The largest absolute Gasteiger partial charge is 0.294 e. The molecule has 0 radical (unpaired) electrons. The first-order chi connectivity index (χ1) is 5.61. The van der Waals surface area contributed by atoms with Crippen LogP contribution in [0.4, 0.5) is 0 Å². The molecule has 0 bridgehead atoms. The standard InChI is InChI=1S/C10H14O2/c1-7(2)3-4-8-9(11)5-6-10(8)12/h5-8H,3-4H2,1-2H3. The zero-order chi connectivity index (χ0) is 9.14. The van der Waals surface area contributed by atoms with Crippen molar-refractivity contribution in [2.75, 3.05) is 0 Å². The van der Waals surface area contributed by atoms with E-state index >= 15 is 0 Å². The average molecular weight is 166 g/mol. The van der Waals surface area contributed by atoms with E-state index in [1.807, 2.05) is 0 Å². The van der Waals surface area contributed by atoms with Crippen molar-refractivity contribution in [3.05, 3.63) is 12.2 Å². The van der Waals surface area contributed by atoms with Gasteiger partial charge in [0, 0.05) is 0 Å². The molecule has 1 aliphatic carbocycles. The highest BCUT2D eigenvalue weighted by Crippen LogP contribution is 2.19. The lowest BCUT2D eigenvalue weighted by Gasteiger charge is -2.07. The predicted molar refractivity (Wildman–Crippen MR) is 46.7 cm³/mol. The highest BCUT2D eigenvalue weighted by atomic mass is 16.2. The third-order valence-electron chi connectivity index (χ3n) is 2.13. The molecule has 1 aliphatic rings. The summed E-state index contributed by atoms with van der Waals surface area (Å²) in [6.07, 6.45) is 4.45. The van der Waals surface area contributed by atoms with Gasteiger partial charge in [0.05, 0.1) is 5.92 Å². The predicted octanol–water partition coefficient (Wildman–Crippen LogP) is 1.75. The van der Waals surface area contributed by atoms with Gasteiger partial charge in [-0.25, -0.2) is 0 Å². The van der Waals surface area contributed by atoms with Gasteiger partial charge < -0.3 is 0 Å². The summed E-state index contributed by atoms with van der Waals surface area (Å²) < 4.78 is 0. The minimum Gasteiger partial charge on any atom is -0.294 e. The molecule has 0 aromatic rings. The van der Waals surface area contributed by atoms with E-state index in [-0.39, 0.29) is 17.5 Å². The van der Waals surface area contributed by atoms with Crippen LogP contribution in [-0.4, -0.2) is 11.6 Å². The highest BCUT2D eigenvalue weighted by Gasteiger charge is 2.27. The Balaban J connectivity index is 2.43. The van der Waals surface area contributed by atoms with E-state index in [1.165, 1.54) is 12.2 Å². The van der Waals surface area contributed by atoms with Crippen LogP contribution in [0.2, 0.25) is 0 Å². The fourth-order valence-electron chi connectivity index (χ4n) is 1.32. The Bertz CT molecular complexity index is 208. The molecular weight excluding hydrogens is 152 g/mol. The maximum Gasteiger partial charge on any atom is 0.166 e. The van der Waals surface area contributed by atoms with Gasteiger partial charge in [0.15, 0.2) is 11.6 Å². The summed E-state index contributed by atoms with van der Waals surface area (Å²) in [6, 6.07) is 0. The summed E-state index contributed by atoms with van der Waals surface area (Å²) in [7, 11) is 0. The molecule has 2 nitrogen and oxygen atoms in total. The second kappa shape index (κ2) is 3.65. The summed E-state index contributed by atoms with van der Waals surface area (Å²) in [4.78, 5) is 22.2. The van der Waals surface area contributed by atoms with Crippen molar-refractivity contribution in [2.24, 2.45) is 11.8 Å². The topological polar surface area (TPSA) is 34.1 Å². The van der Waals surface area contributed by atoms with Crippen LogP contribution in [0.5, 0.6) is 0 Å². The van der Waals surface area contributed by atoms with E-state index in [2.05, 4.69) is 13.8 Å². The van der Waals surface area contributed by atoms with Crippen molar-refractivity contribution in [3.63, 3.8) is 0 Å². The molecule has 66 valence electrons. The van der Waals surface area contributed by atoms with Crippen LogP contribution in [-0.2, 0) is 9.59 Å². The molecule has 0 atom stereocenters. The Labute approximate surface area is 72.7 Å². The average Bonchev–Trinajstić information content (AvgIpc) is 2.28. The smallest absolute Gasteiger partial charge is 0.166 e. The van der Waals surface area contributed by atoms with E-state index in [1.54, 1.807) is 0 Å². The fraction of sp³-hybridized carbons (Fsp3) is 0.600. The number of carbonyl (C=O) groups excluding carboxylic acids is 2. The molecule has 0 aliphatic heterocycles. The Hall–Kier alpha value is -0.920. The zero-order valence-corrected chi connectivity index (χ0v) is 7.54. The molecule has 0 spiro atoms. The molecule has 0 aromatic carbocycles. The summed E-state index contributed by atoms with van der Waals surface area (Å²) in [6.45, 7) is 4.19. The van der Waals surface area contributed by atoms with Crippen molar-refractivity contribution in [3.8, 4) is 0 Å². The fourth-order valence-corrected chi connectivity index (χ4v) is 1.32. The van der Waals surface area contributed by atoms with Gasteiger partial charge >= 0.3 is 0 Å². The quantitative estimate of drug-likeness (QED) is 0.598. The molecule has 0 aromatic heterocycles. The summed E-state index contributed by atoms with van der Waals surface area (Å²) in [5, 5.41) is 0. The van der Waals surface area contributed by atoms with E-state index in [0.717, 1.165) is 6.42 Å². The van der Waals surface area contributed by atoms with E-state index in [9.17, 15) is 9.59 Å². The lowest BCUT2D eigenvalue weighted by molar-refractivity contribution is -0.126. The lowest BCUT2D eigenvalue weighted by atomic mass is 9.95. The lowest BCUT2D eigenvalue weighted by Crippen LogP contribution is -2.15. The summed E-state index contributed by atoms with van der Waals surface area (Å²) in [5.41, 5.74) is 0. The van der Waals surface area contributed by atoms with E-state index in [0.29, 0.717) is 12.3 Å². The van der Waals surface area contributed by atoms with Crippen LogP contribution < -0.4 is 0 Å². The van der Waals surface area contributed by atoms with Gasteiger partial charge in [0.1, 0.15) is 0 Å². The van der Waals surface area contributed by atoms with Gasteiger partial charge in [-0.05, 0) is 30.9 Å². The van der Waals surface area contributed by atoms with Crippen LogP contribution in [0, 0.1) is 11.8 Å². The van der Waals surface area contributed by atoms with Crippen LogP contribution in [0.3, 0.4) is 0 Å². The Morgan fingerprint density at radius 2 is 1.75 bits per heavy atom. The van der Waals surface area contributed by atoms with Crippen LogP contribution in [0.15, 0.2) is 12.2 Å². The van der Waals surface area contributed by atoms with Gasteiger partial charge in [0.2, 0.25) is 0 Å². The molecule has 0 N–H and O–H groups in total. The molecule has 1 rings (SSSR count). The van der Waals surface area contributed by atoms with Crippen LogP contribution in [0.1, 0.15) is 26.7 Å². The molecular formula is C10H14O2. The van der Waals surface area contributed by atoms with Gasteiger partial charge in [-0.1, -0.05) is 13.8 Å². The monoisotopic (exact) mass is 166 g/mol. The van der Waals surface area contributed by atoms with Crippen molar-refractivity contribution in [1.29, 1.82) is 0 Å².